The fraction of sp³-hybridized carbons (Fsp3) is 0.150. The van der Waals surface area contributed by atoms with E-state index in [-0.39, 0.29) is 17.0 Å². The molecule has 4 aromatic rings. The third-order valence-electron chi connectivity index (χ3n) is 4.24. The van der Waals surface area contributed by atoms with E-state index in [0.29, 0.717) is 18.0 Å². The Morgan fingerprint density at radius 2 is 1.91 bits per heavy atom. The highest BCUT2D eigenvalue weighted by atomic mass is 35.5. The third-order valence-corrected chi connectivity index (χ3v) is 5.43. The molecule has 1 aromatic carbocycles. The molecule has 0 unspecified atom stereocenters. The SMILES string of the molecule is O=C(NCCc1csc(-c2ccc(Cl)cc2)n1)c1cncc(-c2noc(C(F)(F)F)n2)c1. The molecule has 0 saturated heterocycles. The fourth-order valence-corrected chi connectivity index (χ4v) is 3.68. The number of amides is 1. The van der Waals surface area contributed by atoms with Crippen molar-refractivity contribution in [1.29, 1.82) is 0 Å². The predicted molar refractivity (Wildman–Crippen MR) is 111 cm³/mol. The minimum Gasteiger partial charge on any atom is -0.352 e. The summed E-state index contributed by atoms with van der Waals surface area (Å²) >= 11 is 7.39. The number of hydrogen-bond acceptors (Lipinski definition) is 7. The Balaban J connectivity index is 1.36. The molecular formula is C20H13ClF3N5O2S. The molecule has 0 fully saturated rings. The first-order valence-electron chi connectivity index (χ1n) is 9.14. The van der Waals surface area contributed by atoms with E-state index in [2.05, 4.69) is 29.9 Å². The van der Waals surface area contributed by atoms with Gasteiger partial charge in [-0.15, -0.1) is 11.3 Å². The molecule has 164 valence electrons. The molecule has 0 spiro atoms. The molecule has 0 aliphatic heterocycles. The first-order valence-corrected chi connectivity index (χ1v) is 10.4. The Kier molecular flexibility index (Phi) is 6.19. The van der Waals surface area contributed by atoms with Gasteiger partial charge in [0.2, 0.25) is 5.82 Å². The Hall–Kier alpha value is -3.31. The molecular weight excluding hydrogens is 467 g/mol. The molecule has 0 bridgehead atoms. The van der Waals surface area contributed by atoms with Crippen molar-refractivity contribution >= 4 is 28.8 Å². The maximum Gasteiger partial charge on any atom is 0.471 e. The lowest BCUT2D eigenvalue weighted by molar-refractivity contribution is -0.159. The Labute approximate surface area is 188 Å². The topological polar surface area (TPSA) is 93.8 Å². The average molecular weight is 480 g/mol. The summed E-state index contributed by atoms with van der Waals surface area (Å²) in [6.45, 7) is 0.313. The Bertz CT molecular complexity index is 1240. The highest BCUT2D eigenvalue weighted by molar-refractivity contribution is 7.13. The van der Waals surface area contributed by atoms with Gasteiger partial charge in [-0.25, -0.2) is 4.98 Å². The summed E-state index contributed by atoms with van der Waals surface area (Å²) in [4.78, 5) is 24.1. The van der Waals surface area contributed by atoms with Crippen molar-refractivity contribution in [2.45, 2.75) is 12.6 Å². The van der Waals surface area contributed by atoms with Gasteiger partial charge in [-0.2, -0.15) is 18.2 Å². The summed E-state index contributed by atoms with van der Waals surface area (Å²) in [5.74, 6) is -2.22. The molecule has 0 aliphatic rings. The van der Waals surface area contributed by atoms with Crippen molar-refractivity contribution in [2.24, 2.45) is 0 Å². The largest absolute Gasteiger partial charge is 0.471 e. The second kappa shape index (κ2) is 9.05. The van der Waals surface area contributed by atoms with E-state index in [4.69, 9.17) is 11.6 Å². The van der Waals surface area contributed by atoms with E-state index in [1.165, 1.54) is 29.8 Å². The van der Waals surface area contributed by atoms with Crippen LogP contribution in [0.25, 0.3) is 22.0 Å². The number of nitrogens with one attached hydrogen (secondary N) is 1. The number of thiazole rings is 1. The van der Waals surface area contributed by atoms with Gasteiger partial charge in [0, 0.05) is 46.9 Å². The van der Waals surface area contributed by atoms with Gasteiger partial charge in [-0.1, -0.05) is 28.9 Å². The van der Waals surface area contributed by atoms with Crippen LogP contribution in [0.3, 0.4) is 0 Å². The van der Waals surface area contributed by atoms with Gasteiger partial charge in [0.15, 0.2) is 0 Å². The van der Waals surface area contributed by atoms with Crippen LogP contribution in [0.2, 0.25) is 5.02 Å². The number of halogens is 4. The summed E-state index contributed by atoms with van der Waals surface area (Å²) in [6, 6.07) is 8.69. The van der Waals surface area contributed by atoms with Crippen LogP contribution in [0.15, 0.2) is 52.6 Å². The van der Waals surface area contributed by atoms with Crippen molar-refractivity contribution in [1.82, 2.24) is 25.4 Å². The van der Waals surface area contributed by atoms with E-state index in [0.717, 1.165) is 16.3 Å². The molecule has 3 aromatic heterocycles. The number of hydrogen-bond donors (Lipinski definition) is 1. The van der Waals surface area contributed by atoms with Gasteiger partial charge in [-0.3, -0.25) is 9.78 Å². The second-order valence-electron chi connectivity index (χ2n) is 6.54. The number of aromatic nitrogens is 4. The molecule has 1 N–H and O–H groups in total. The summed E-state index contributed by atoms with van der Waals surface area (Å²) in [5, 5.41) is 9.43. The van der Waals surface area contributed by atoms with Crippen molar-refractivity contribution in [2.75, 3.05) is 6.54 Å². The number of carbonyl (C=O) groups excluding carboxylic acids is 1. The lowest BCUT2D eigenvalue weighted by atomic mass is 10.2. The predicted octanol–water partition coefficient (Wildman–Crippen LogP) is 4.90. The minimum atomic E-state index is -4.75. The molecule has 12 heteroatoms. The van der Waals surface area contributed by atoms with Gasteiger partial charge in [-0.05, 0) is 18.2 Å². The average Bonchev–Trinajstić information content (AvgIpc) is 3.44. The quantitative estimate of drug-likeness (QED) is 0.423. The van der Waals surface area contributed by atoms with Crippen molar-refractivity contribution in [3.63, 3.8) is 0 Å². The van der Waals surface area contributed by atoms with Crippen LogP contribution in [-0.2, 0) is 12.6 Å². The summed E-state index contributed by atoms with van der Waals surface area (Å²) in [6.07, 6.45) is -1.71. The number of pyridine rings is 1. The van der Waals surface area contributed by atoms with Gasteiger partial charge < -0.3 is 9.84 Å². The molecule has 3 heterocycles. The van der Waals surface area contributed by atoms with Crippen LogP contribution < -0.4 is 5.32 Å². The fourth-order valence-electron chi connectivity index (χ4n) is 2.70. The lowest BCUT2D eigenvalue weighted by Gasteiger charge is -2.04. The number of benzene rings is 1. The lowest BCUT2D eigenvalue weighted by Crippen LogP contribution is -2.25. The highest BCUT2D eigenvalue weighted by Crippen LogP contribution is 2.29. The van der Waals surface area contributed by atoms with Gasteiger partial charge >= 0.3 is 12.1 Å². The summed E-state index contributed by atoms with van der Waals surface area (Å²) in [7, 11) is 0. The van der Waals surface area contributed by atoms with E-state index < -0.39 is 18.0 Å². The summed E-state index contributed by atoms with van der Waals surface area (Å²) in [5.41, 5.74) is 2.05. The zero-order valence-corrected chi connectivity index (χ0v) is 17.6. The Morgan fingerprint density at radius 1 is 1.12 bits per heavy atom. The zero-order chi connectivity index (χ0) is 22.7. The van der Waals surface area contributed by atoms with Crippen LogP contribution in [-0.4, -0.2) is 32.6 Å². The normalized spacial score (nSPS) is 11.5. The molecule has 4 rings (SSSR count). The first-order chi connectivity index (χ1) is 15.3. The second-order valence-corrected chi connectivity index (χ2v) is 7.83. The van der Waals surface area contributed by atoms with Crippen LogP contribution >= 0.6 is 22.9 Å². The molecule has 1 amide bonds. The van der Waals surface area contributed by atoms with Gasteiger partial charge in [0.25, 0.3) is 5.91 Å². The van der Waals surface area contributed by atoms with E-state index in [9.17, 15) is 18.0 Å². The maximum absolute atomic E-state index is 12.6. The van der Waals surface area contributed by atoms with Crippen LogP contribution in [0.5, 0.6) is 0 Å². The molecule has 32 heavy (non-hydrogen) atoms. The zero-order valence-electron chi connectivity index (χ0n) is 16.1. The van der Waals surface area contributed by atoms with Crippen LogP contribution in [0.1, 0.15) is 21.9 Å². The number of rotatable bonds is 6. The summed E-state index contributed by atoms with van der Waals surface area (Å²) < 4.78 is 42.1. The number of carbonyl (C=O) groups is 1. The van der Waals surface area contributed by atoms with Crippen LogP contribution in [0, 0.1) is 0 Å². The van der Waals surface area contributed by atoms with Gasteiger partial charge in [0.05, 0.1) is 11.3 Å². The van der Waals surface area contributed by atoms with E-state index in [1.54, 1.807) is 12.1 Å². The van der Waals surface area contributed by atoms with E-state index in [1.807, 2.05) is 17.5 Å². The molecule has 7 nitrogen and oxygen atoms in total. The number of alkyl halides is 3. The molecule has 0 aliphatic carbocycles. The van der Waals surface area contributed by atoms with Crippen molar-refractivity contribution < 1.29 is 22.5 Å². The van der Waals surface area contributed by atoms with Crippen molar-refractivity contribution in [3.05, 3.63) is 70.3 Å². The minimum absolute atomic E-state index is 0.129. The molecule has 0 atom stereocenters. The third kappa shape index (κ3) is 5.11. The molecule has 0 radical (unpaired) electrons. The number of nitrogens with zero attached hydrogens (tertiary/aromatic N) is 4. The highest BCUT2D eigenvalue weighted by Gasteiger charge is 2.38. The van der Waals surface area contributed by atoms with E-state index >= 15 is 0 Å². The standard InChI is InChI=1S/C20H13ClF3N5O2S/c21-14-3-1-11(2-4-14)18-27-15(10-32-18)5-6-26-17(30)13-7-12(8-25-9-13)16-28-19(31-29-16)20(22,23)24/h1-4,7-10H,5-6H2,(H,26,30). The van der Waals surface area contributed by atoms with Crippen molar-refractivity contribution in [3.8, 4) is 22.0 Å². The monoisotopic (exact) mass is 479 g/mol. The first kappa shape index (κ1) is 21.9. The smallest absolute Gasteiger partial charge is 0.352 e. The van der Waals surface area contributed by atoms with Crippen LogP contribution in [0.4, 0.5) is 13.2 Å². The maximum atomic E-state index is 12.6. The Morgan fingerprint density at radius 3 is 2.62 bits per heavy atom. The molecule has 0 saturated carbocycles. The van der Waals surface area contributed by atoms with Gasteiger partial charge in [0.1, 0.15) is 5.01 Å².